The second-order valence-electron chi connectivity index (χ2n) is 7.25. The number of methoxy groups -OCH3 is 2. The fourth-order valence-corrected chi connectivity index (χ4v) is 2.22. The molecule has 124 valence electrons. The lowest BCUT2D eigenvalue weighted by atomic mass is 9.88. The molecule has 6 nitrogen and oxygen atoms in total. The first kappa shape index (κ1) is 20.5. The van der Waals surface area contributed by atoms with Gasteiger partial charge < -0.3 is 9.47 Å². The first-order valence-corrected chi connectivity index (χ1v) is 7.23. The van der Waals surface area contributed by atoms with Crippen LogP contribution >= 0.6 is 0 Å². The summed E-state index contributed by atoms with van der Waals surface area (Å²) in [4.78, 5) is 0. The van der Waals surface area contributed by atoms with E-state index in [-0.39, 0.29) is 0 Å². The van der Waals surface area contributed by atoms with Gasteiger partial charge >= 0.3 is 0 Å². The molecule has 0 rings (SSSR count). The Balaban J connectivity index is 5.33. The molecule has 0 aliphatic heterocycles. The quantitative estimate of drug-likeness (QED) is 0.640. The molecular weight excluding hydrogens is 280 g/mol. The number of hydrogen-bond donors (Lipinski definition) is 0. The summed E-state index contributed by atoms with van der Waals surface area (Å²) >= 11 is 0. The minimum atomic E-state index is -1.05. The van der Waals surface area contributed by atoms with Crippen LogP contribution in [-0.2, 0) is 9.47 Å². The number of rotatable bonds is 8. The molecule has 0 fully saturated rings. The monoisotopic (exact) mass is 308 g/mol. The van der Waals surface area contributed by atoms with Gasteiger partial charge in [-0.1, -0.05) is 0 Å². The van der Waals surface area contributed by atoms with Crippen molar-refractivity contribution < 1.29 is 9.47 Å². The summed E-state index contributed by atoms with van der Waals surface area (Å²) in [5.74, 6) is 0. The summed E-state index contributed by atoms with van der Waals surface area (Å²) in [5, 5.41) is 27.2. The summed E-state index contributed by atoms with van der Waals surface area (Å²) in [6.07, 6.45) is 0.761. The van der Waals surface area contributed by atoms with E-state index in [4.69, 9.17) is 9.47 Å². The SMILES string of the molecule is COC(C)(C)C[C@](C)(C#N)N=N[C@](C)(C#N)CC(C)(C)OC. The number of ether oxygens (including phenoxy) is 2. The van der Waals surface area contributed by atoms with Crippen molar-refractivity contribution in [2.24, 2.45) is 10.2 Å². The van der Waals surface area contributed by atoms with Crippen molar-refractivity contribution in [1.82, 2.24) is 0 Å². The molecule has 0 aromatic rings. The molecule has 22 heavy (non-hydrogen) atoms. The summed E-state index contributed by atoms with van der Waals surface area (Å²) in [6, 6.07) is 4.32. The van der Waals surface area contributed by atoms with Crippen molar-refractivity contribution in [3.63, 3.8) is 0 Å². The van der Waals surface area contributed by atoms with Crippen molar-refractivity contribution in [1.29, 1.82) is 10.5 Å². The highest BCUT2D eigenvalue weighted by Crippen LogP contribution is 2.30. The van der Waals surface area contributed by atoms with Crippen LogP contribution in [0.4, 0.5) is 0 Å². The van der Waals surface area contributed by atoms with Crippen molar-refractivity contribution in [2.45, 2.75) is 76.7 Å². The first-order chi connectivity index (χ1) is 9.86. The molecule has 0 aliphatic rings. The lowest BCUT2D eigenvalue weighted by molar-refractivity contribution is 0.000704. The van der Waals surface area contributed by atoms with E-state index in [0.717, 1.165) is 0 Å². The fraction of sp³-hybridized carbons (Fsp3) is 0.875. The molecule has 0 heterocycles. The maximum Gasteiger partial charge on any atom is 0.167 e. The summed E-state index contributed by atoms with van der Waals surface area (Å²) < 4.78 is 10.7. The fourth-order valence-electron chi connectivity index (χ4n) is 2.22. The molecule has 0 saturated carbocycles. The number of azo groups is 1. The molecular formula is C16H28N4O2. The van der Waals surface area contributed by atoms with Crippen LogP contribution in [0, 0.1) is 22.7 Å². The predicted octanol–water partition coefficient (Wildman–Crippen LogP) is 3.63. The molecule has 2 atom stereocenters. The van der Waals surface area contributed by atoms with Crippen LogP contribution in [0.5, 0.6) is 0 Å². The van der Waals surface area contributed by atoms with Crippen LogP contribution in [0.15, 0.2) is 10.2 Å². The van der Waals surface area contributed by atoms with Crippen LogP contribution in [0.25, 0.3) is 0 Å². The lowest BCUT2D eigenvalue weighted by Gasteiger charge is -2.31. The Morgan fingerprint density at radius 1 is 0.727 bits per heavy atom. The Kier molecular flexibility index (Phi) is 6.69. The third-order valence-electron chi connectivity index (χ3n) is 3.62. The van der Waals surface area contributed by atoms with Crippen molar-refractivity contribution in [3.8, 4) is 12.1 Å². The zero-order valence-electron chi connectivity index (χ0n) is 15.0. The Hall–Kier alpha value is -1.50. The summed E-state index contributed by atoms with van der Waals surface area (Å²) in [6.45, 7) is 10.9. The molecule has 0 aromatic heterocycles. The van der Waals surface area contributed by atoms with Crippen molar-refractivity contribution in [3.05, 3.63) is 0 Å². The van der Waals surface area contributed by atoms with E-state index >= 15 is 0 Å². The molecule has 0 bridgehead atoms. The third-order valence-corrected chi connectivity index (χ3v) is 3.62. The average molecular weight is 308 g/mol. The van der Waals surface area contributed by atoms with Gasteiger partial charge in [0.15, 0.2) is 11.1 Å². The smallest absolute Gasteiger partial charge is 0.167 e. The van der Waals surface area contributed by atoms with E-state index in [1.807, 2.05) is 27.7 Å². The maximum atomic E-state index is 9.43. The average Bonchev–Trinajstić information content (AvgIpc) is 2.44. The van der Waals surface area contributed by atoms with Crippen LogP contribution in [0.1, 0.15) is 54.4 Å². The van der Waals surface area contributed by atoms with Crippen LogP contribution in [-0.4, -0.2) is 36.5 Å². The van der Waals surface area contributed by atoms with Crippen molar-refractivity contribution in [2.75, 3.05) is 14.2 Å². The van der Waals surface area contributed by atoms with Gasteiger partial charge in [-0.2, -0.15) is 20.8 Å². The van der Waals surface area contributed by atoms with Gasteiger partial charge in [0.2, 0.25) is 0 Å². The van der Waals surface area contributed by atoms with Crippen LogP contribution < -0.4 is 0 Å². The predicted molar refractivity (Wildman–Crippen MR) is 84.3 cm³/mol. The minimum absolute atomic E-state index is 0.381. The third kappa shape index (κ3) is 6.51. The van der Waals surface area contributed by atoms with E-state index in [1.54, 1.807) is 28.1 Å². The number of hydrogen-bond acceptors (Lipinski definition) is 6. The van der Waals surface area contributed by atoms with Crippen molar-refractivity contribution >= 4 is 0 Å². The van der Waals surface area contributed by atoms with E-state index in [0.29, 0.717) is 12.8 Å². The standard InChI is InChI=1S/C16H28N4O2/c1-13(2,21-7)9-15(5,11-17)19-20-16(6,12-18)10-14(3,4)22-8/h9-10H2,1-8H3/t15-,16+. The van der Waals surface area contributed by atoms with Gasteiger partial charge in [0.05, 0.1) is 23.3 Å². The highest BCUT2D eigenvalue weighted by atomic mass is 16.5. The van der Waals surface area contributed by atoms with Gasteiger partial charge in [-0.15, -0.1) is 0 Å². The summed E-state index contributed by atoms with van der Waals surface area (Å²) in [5.41, 5.74) is -3.10. The second-order valence-corrected chi connectivity index (χ2v) is 7.25. The van der Waals surface area contributed by atoms with Gasteiger partial charge in [0.25, 0.3) is 0 Å². The van der Waals surface area contributed by atoms with E-state index < -0.39 is 22.3 Å². The lowest BCUT2D eigenvalue weighted by Crippen LogP contribution is -2.37. The molecule has 0 amide bonds. The Morgan fingerprint density at radius 2 is 1.00 bits per heavy atom. The van der Waals surface area contributed by atoms with E-state index in [2.05, 4.69) is 22.4 Å². The van der Waals surface area contributed by atoms with Crippen LogP contribution in [0.3, 0.4) is 0 Å². The number of nitriles is 2. The van der Waals surface area contributed by atoms with Gasteiger partial charge in [-0.05, 0) is 41.5 Å². The highest BCUT2D eigenvalue weighted by Gasteiger charge is 2.36. The second kappa shape index (κ2) is 7.17. The molecule has 0 saturated heterocycles. The minimum Gasteiger partial charge on any atom is -0.379 e. The zero-order chi connectivity index (χ0) is 17.7. The molecule has 0 aliphatic carbocycles. The van der Waals surface area contributed by atoms with Gasteiger partial charge in [-0.3, -0.25) is 0 Å². The molecule has 0 unspecified atom stereocenters. The molecule has 0 aromatic carbocycles. The Bertz CT molecular complexity index is 443. The zero-order valence-corrected chi connectivity index (χ0v) is 15.0. The molecule has 0 N–H and O–H groups in total. The topological polar surface area (TPSA) is 90.8 Å². The summed E-state index contributed by atoms with van der Waals surface area (Å²) in [7, 11) is 3.19. The van der Waals surface area contributed by atoms with Gasteiger partial charge in [0.1, 0.15) is 0 Å². The highest BCUT2D eigenvalue weighted by molar-refractivity contribution is 5.10. The first-order valence-electron chi connectivity index (χ1n) is 7.23. The van der Waals surface area contributed by atoms with E-state index in [1.165, 1.54) is 0 Å². The Morgan fingerprint density at radius 3 is 1.18 bits per heavy atom. The largest absolute Gasteiger partial charge is 0.379 e. The normalized spacial score (nSPS) is 18.3. The Labute approximate surface area is 134 Å². The molecule has 0 spiro atoms. The van der Waals surface area contributed by atoms with Gasteiger partial charge in [0, 0.05) is 27.1 Å². The maximum absolute atomic E-state index is 9.43. The van der Waals surface area contributed by atoms with Gasteiger partial charge in [-0.25, -0.2) is 0 Å². The van der Waals surface area contributed by atoms with Crippen LogP contribution in [0.2, 0.25) is 0 Å². The number of nitrogens with zero attached hydrogens (tertiary/aromatic N) is 4. The van der Waals surface area contributed by atoms with E-state index in [9.17, 15) is 10.5 Å². The molecule has 0 radical (unpaired) electrons. The molecule has 6 heteroatoms.